The molecule has 3 rings (SSSR count). The average Bonchev–Trinajstić information content (AvgIpc) is 3.15. The molecule has 1 fully saturated rings. The highest BCUT2D eigenvalue weighted by Gasteiger charge is 2.27. The van der Waals surface area contributed by atoms with Crippen LogP contribution in [0, 0.1) is 5.92 Å². The first kappa shape index (κ1) is 19.8. The Kier molecular flexibility index (Phi) is 6.85. The average molecular weight is 391 g/mol. The summed E-state index contributed by atoms with van der Waals surface area (Å²) in [4.78, 5) is 19.2. The molecular weight excluding hydrogens is 364 g/mol. The molecule has 1 N–H and O–H groups in total. The molecule has 1 amide bonds. The smallest absolute Gasteiger partial charge is 0.241 e. The van der Waals surface area contributed by atoms with Crippen LogP contribution in [-0.4, -0.2) is 40.1 Å². The second-order valence-corrected chi connectivity index (χ2v) is 7.55. The Balaban J connectivity index is 1.58. The van der Waals surface area contributed by atoms with E-state index in [9.17, 15) is 4.79 Å². The summed E-state index contributed by atoms with van der Waals surface area (Å²) in [5.41, 5.74) is 0.871. The van der Waals surface area contributed by atoms with E-state index in [0.717, 1.165) is 44.3 Å². The molecule has 1 atom stereocenters. The molecule has 146 valence electrons. The number of nitrogens with one attached hydrogen (secondary N) is 1. The fraction of sp³-hybridized carbons (Fsp3) is 0.550. The second kappa shape index (κ2) is 9.33. The number of amides is 1. The van der Waals surface area contributed by atoms with Crippen LogP contribution >= 0.6 is 11.6 Å². The van der Waals surface area contributed by atoms with Gasteiger partial charge in [-0.3, -0.25) is 9.69 Å². The summed E-state index contributed by atoms with van der Waals surface area (Å²) >= 11 is 5.92. The summed E-state index contributed by atoms with van der Waals surface area (Å²) in [5.74, 6) is 1.32. The van der Waals surface area contributed by atoms with Crippen molar-refractivity contribution in [3.05, 3.63) is 35.2 Å². The van der Waals surface area contributed by atoms with Crippen molar-refractivity contribution in [3.63, 3.8) is 0 Å². The lowest BCUT2D eigenvalue weighted by molar-refractivity contribution is -0.127. The van der Waals surface area contributed by atoms with Gasteiger partial charge in [0.2, 0.25) is 17.6 Å². The van der Waals surface area contributed by atoms with Crippen LogP contribution in [0.3, 0.4) is 0 Å². The van der Waals surface area contributed by atoms with E-state index >= 15 is 0 Å². The number of likely N-dealkylation sites (tertiary alicyclic amines) is 1. The lowest BCUT2D eigenvalue weighted by atomic mass is 9.96. The summed E-state index contributed by atoms with van der Waals surface area (Å²) in [7, 11) is 0. The Morgan fingerprint density at radius 3 is 2.78 bits per heavy atom. The molecule has 0 radical (unpaired) electrons. The Labute approximate surface area is 165 Å². The van der Waals surface area contributed by atoms with Gasteiger partial charge >= 0.3 is 0 Å². The Morgan fingerprint density at radius 1 is 1.33 bits per heavy atom. The van der Waals surface area contributed by atoms with E-state index < -0.39 is 0 Å². The van der Waals surface area contributed by atoms with Gasteiger partial charge in [0.05, 0.1) is 12.5 Å². The number of benzene rings is 1. The van der Waals surface area contributed by atoms with Crippen LogP contribution in [-0.2, 0) is 11.3 Å². The summed E-state index contributed by atoms with van der Waals surface area (Å²) in [6.45, 7) is 6.44. The quantitative estimate of drug-likeness (QED) is 0.776. The fourth-order valence-corrected chi connectivity index (χ4v) is 3.58. The van der Waals surface area contributed by atoms with Gasteiger partial charge in [-0.05, 0) is 56.5 Å². The highest BCUT2D eigenvalue weighted by molar-refractivity contribution is 6.30. The topological polar surface area (TPSA) is 71.3 Å². The van der Waals surface area contributed by atoms with Gasteiger partial charge in [0.15, 0.2) is 0 Å². The number of aromatic nitrogens is 2. The highest BCUT2D eigenvalue weighted by Crippen LogP contribution is 2.21. The largest absolute Gasteiger partial charge is 0.353 e. The van der Waals surface area contributed by atoms with Crippen LogP contribution in [0.1, 0.15) is 45.4 Å². The number of nitrogens with zero attached hydrogens (tertiary/aromatic N) is 3. The normalized spacial score (nSPS) is 18.0. The van der Waals surface area contributed by atoms with E-state index in [0.29, 0.717) is 23.3 Å². The third kappa shape index (κ3) is 5.30. The Morgan fingerprint density at radius 2 is 2.07 bits per heavy atom. The van der Waals surface area contributed by atoms with Gasteiger partial charge < -0.3 is 9.84 Å². The molecule has 1 saturated heterocycles. The summed E-state index contributed by atoms with van der Waals surface area (Å²) in [6.07, 6.45) is 3.86. The van der Waals surface area contributed by atoms with E-state index in [4.69, 9.17) is 16.1 Å². The number of carbonyl (C=O) groups is 1. The molecule has 27 heavy (non-hydrogen) atoms. The maximum Gasteiger partial charge on any atom is 0.241 e. The van der Waals surface area contributed by atoms with E-state index in [1.54, 1.807) is 12.1 Å². The molecule has 1 aromatic heterocycles. The van der Waals surface area contributed by atoms with Crippen molar-refractivity contribution in [1.29, 1.82) is 0 Å². The standard InChI is InChI=1S/C20H27ClN4O2/c1-3-17(4-2)22-20(26)15-6-5-11-25(12-15)13-18-23-19(24-27-18)14-7-9-16(21)10-8-14/h7-10,15,17H,3-6,11-13H2,1-2H3,(H,22,26). The molecule has 1 aromatic carbocycles. The fourth-order valence-electron chi connectivity index (χ4n) is 3.45. The zero-order chi connectivity index (χ0) is 19.2. The maximum atomic E-state index is 12.5. The van der Waals surface area contributed by atoms with Crippen LogP contribution in [0.25, 0.3) is 11.4 Å². The zero-order valence-corrected chi connectivity index (χ0v) is 16.7. The maximum absolute atomic E-state index is 12.5. The van der Waals surface area contributed by atoms with Crippen LogP contribution < -0.4 is 5.32 Å². The molecule has 1 aliphatic heterocycles. The minimum absolute atomic E-state index is 0.0259. The number of rotatable bonds is 7. The van der Waals surface area contributed by atoms with Crippen LogP contribution in [0.15, 0.2) is 28.8 Å². The minimum atomic E-state index is 0.0259. The highest BCUT2D eigenvalue weighted by atomic mass is 35.5. The lowest BCUT2D eigenvalue weighted by Gasteiger charge is -2.31. The van der Waals surface area contributed by atoms with Crippen molar-refractivity contribution in [1.82, 2.24) is 20.4 Å². The molecule has 0 aliphatic carbocycles. The van der Waals surface area contributed by atoms with Crippen LogP contribution in [0.2, 0.25) is 5.02 Å². The Bertz CT molecular complexity index is 743. The van der Waals surface area contributed by atoms with Crippen molar-refractivity contribution in [2.45, 2.75) is 52.1 Å². The first-order valence-corrected chi connectivity index (χ1v) is 10.1. The van der Waals surface area contributed by atoms with Gasteiger partial charge in [-0.1, -0.05) is 30.6 Å². The van der Waals surface area contributed by atoms with Crippen molar-refractivity contribution in [2.24, 2.45) is 5.92 Å². The third-order valence-corrected chi connectivity index (χ3v) is 5.39. The molecule has 2 heterocycles. The lowest BCUT2D eigenvalue weighted by Crippen LogP contribution is -2.45. The molecule has 6 nitrogen and oxygen atoms in total. The molecular formula is C20H27ClN4O2. The van der Waals surface area contributed by atoms with E-state index in [1.165, 1.54) is 0 Å². The summed E-state index contributed by atoms with van der Waals surface area (Å²) in [6, 6.07) is 7.62. The molecule has 7 heteroatoms. The predicted octanol–water partition coefficient (Wildman–Crippen LogP) is 3.91. The SMILES string of the molecule is CCC(CC)NC(=O)C1CCCN(Cc2nc(-c3ccc(Cl)cc3)no2)C1. The summed E-state index contributed by atoms with van der Waals surface area (Å²) in [5, 5.41) is 7.91. The van der Waals surface area contributed by atoms with Crippen molar-refractivity contribution in [2.75, 3.05) is 13.1 Å². The van der Waals surface area contributed by atoms with Gasteiger partial charge in [0.1, 0.15) is 0 Å². The van der Waals surface area contributed by atoms with Crippen LogP contribution in [0.4, 0.5) is 0 Å². The third-order valence-electron chi connectivity index (χ3n) is 5.14. The number of carbonyl (C=O) groups excluding carboxylic acids is 1. The monoisotopic (exact) mass is 390 g/mol. The van der Waals surface area contributed by atoms with Crippen molar-refractivity contribution < 1.29 is 9.32 Å². The van der Waals surface area contributed by atoms with Gasteiger partial charge in [0, 0.05) is 23.2 Å². The van der Waals surface area contributed by atoms with E-state index in [1.807, 2.05) is 12.1 Å². The van der Waals surface area contributed by atoms with Gasteiger partial charge in [-0.15, -0.1) is 0 Å². The molecule has 1 aliphatic rings. The first-order valence-electron chi connectivity index (χ1n) is 9.70. The number of halogens is 1. The number of hydrogen-bond donors (Lipinski definition) is 1. The molecule has 0 spiro atoms. The molecule has 2 aromatic rings. The molecule has 1 unspecified atom stereocenters. The summed E-state index contributed by atoms with van der Waals surface area (Å²) < 4.78 is 5.41. The molecule has 0 saturated carbocycles. The van der Waals surface area contributed by atoms with E-state index in [-0.39, 0.29) is 17.9 Å². The zero-order valence-electron chi connectivity index (χ0n) is 15.9. The number of hydrogen-bond acceptors (Lipinski definition) is 5. The second-order valence-electron chi connectivity index (χ2n) is 7.11. The van der Waals surface area contributed by atoms with E-state index in [2.05, 4.69) is 34.2 Å². The van der Waals surface area contributed by atoms with Gasteiger partial charge in [-0.25, -0.2) is 0 Å². The minimum Gasteiger partial charge on any atom is -0.353 e. The Hall–Kier alpha value is -1.92. The van der Waals surface area contributed by atoms with Crippen molar-refractivity contribution >= 4 is 17.5 Å². The van der Waals surface area contributed by atoms with Gasteiger partial charge in [0.25, 0.3) is 0 Å². The van der Waals surface area contributed by atoms with Crippen LogP contribution in [0.5, 0.6) is 0 Å². The predicted molar refractivity (Wildman–Crippen MR) is 105 cm³/mol. The van der Waals surface area contributed by atoms with Gasteiger partial charge in [-0.2, -0.15) is 4.98 Å². The first-order chi connectivity index (χ1) is 13.1. The number of piperidine rings is 1. The molecule has 0 bridgehead atoms. The van der Waals surface area contributed by atoms with Crippen molar-refractivity contribution in [3.8, 4) is 11.4 Å².